The van der Waals surface area contributed by atoms with Crippen LogP contribution in [-0.4, -0.2) is 18.4 Å². The van der Waals surface area contributed by atoms with Crippen molar-refractivity contribution < 1.29 is 22.8 Å². The molecule has 3 aromatic rings. The Kier molecular flexibility index (Phi) is 6.20. The zero-order valence-electron chi connectivity index (χ0n) is 15.9. The quantitative estimate of drug-likeness (QED) is 0.638. The van der Waals surface area contributed by atoms with Gasteiger partial charge in [0.2, 0.25) is 0 Å². The van der Waals surface area contributed by atoms with E-state index in [-0.39, 0.29) is 23.4 Å². The van der Waals surface area contributed by atoms with Gasteiger partial charge in [0.15, 0.2) is 0 Å². The van der Waals surface area contributed by atoms with Gasteiger partial charge in [0, 0.05) is 12.1 Å². The number of primary amides is 1. The maximum absolute atomic E-state index is 13.2. The van der Waals surface area contributed by atoms with Crippen molar-refractivity contribution in [3.63, 3.8) is 0 Å². The van der Waals surface area contributed by atoms with Gasteiger partial charge in [0.25, 0.3) is 11.8 Å². The van der Waals surface area contributed by atoms with Crippen molar-refractivity contribution >= 4 is 17.5 Å². The molecular weight excluding hydrogens is 393 g/mol. The first-order valence-electron chi connectivity index (χ1n) is 9.19. The molecule has 30 heavy (non-hydrogen) atoms. The summed E-state index contributed by atoms with van der Waals surface area (Å²) in [5.74, 6) is -1.38. The van der Waals surface area contributed by atoms with E-state index in [1.54, 1.807) is 18.2 Å². The van der Waals surface area contributed by atoms with Crippen molar-refractivity contribution in [1.29, 1.82) is 0 Å². The van der Waals surface area contributed by atoms with E-state index in [1.165, 1.54) is 23.1 Å². The van der Waals surface area contributed by atoms with Crippen molar-refractivity contribution in [1.82, 2.24) is 0 Å². The van der Waals surface area contributed by atoms with Gasteiger partial charge < -0.3 is 10.6 Å². The fraction of sp³-hybridized carbons (Fsp3) is 0.130. The van der Waals surface area contributed by atoms with Crippen LogP contribution in [-0.2, 0) is 12.6 Å². The number of hydrogen-bond acceptors (Lipinski definition) is 2. The van der Waals surface area contributed by atoms with Gasteiger partial charge in [-0.2, -0.15) is 13.2 Å². The SMILES string of the molecule is NC(=O)c1ccccc1N(CCc1ccccc1)C(=O)c1cccc(C(F)(F)F)c1. The van der Waals surface area contributed by atoms with Crippen LogP contribution in [0, 0.1) is 0 Å². The van der Waals surface area contributed by atoms with Crippen molar-refractivity contribution in [3.05, 3.63) is 101 Å². The standard InChI is InChI=1S/C23H19F3N2O2/c24-23(25,26)18-10-6-9-17(15-18)22(30)28(14-13-16-7-2-1-3-8-16)20-12-5-4-11-19(20)21(27)29/h1-12,15H,13-14H2,(H2,27,29). The van der Waals surface area contributed by atoms with Gasteiger partial charge in [0.05, 0.1) is 16.8 Å². The number of carbonyl (C=O) groups is 2. The number of para-hydroxylation sites is 1. The zero-order valence-corrected chi connectivity index (χ0v) is 15.9. The molecule has 0 unspecified atom stereocenters. The molecule has 0 aliphatic carbocycles. The topological polar surface area (TPSA) is 63.4 Å². The van der Waals surface area contributed by atoms with Gasteiger partial charge in [-0.3, -0.25) is 9.59 Å². The Morgan fingerprint density at radius 1 is 0.867 bits per heavy atom. The Morgan fingerprint density at radius 3 is 2.20 bits per heavy atom. The molecular formula is C23H19F3N2O2. The van der Waals surface area contributed by atoms with Crippen molar-refractivity contribution in [2.75, 3.05) is 11.4 Å². The molecule has 0 atom stereocenters. The lowest BCUT2D eigenvalue weighted by Gasteiger charge is -2.25. The molecule has 4 nitrogen and oxygen atoms in total. The summed E-state index contributed by atoms with van der Waals surface area (Å²) >= 11 is 0. The lowest BCUT2D eigenvalue weighted by molar-refractivity contribution is -0.137. The van der Waals surface area contributed by atoms with Crippen LogP contribution in [0.3, 0.4) is 0 Å². The van der Waals surface area contributed by atoms with Gasteiger partial charge in [-0.25, -0.2) is 0 Å². The van der Waals surface area contributed by atoms with Crippen LogP contribution in [0.15, 0.2) is 78.9 Å². The van der Waals surface area contributed by atoms with Gasteiger partial charge in [-0.1, -0.05) is 48.5 Å². The summed E-state index contributed by atoms with van der Waals surface area (Å²) in [5, 5.41) is 0. The van der Waals surface area contributed by atoms with Gasteiger partial charge >= 0.3 is 6.18 Å². The predicted octanol–water partition coefficient (Wildman–Crippen LogP) is 4.69. The molecule has 0 aromatic heterocycles. The molecule has 0 heterocycles. The maximum Gasteiger partial charge on any atom is 0.416 e. The molecule has 0 aliphatic rings. The van der Waals surface area contributed by atoms with Crippen molar-refractivity contribution in [2.24, 2.45) is 5.73 Å². The number of amides is 2. The third-order valence-electron chi connectivity index (χ3n) is 4.61. The van der Waals surface area contributed by atoms with Crippen LogP contribution in [0.25, 0.3) is 0 Å². The number of benzene rings is 3. The monoisotopic (exact) mass is 412 g/mol. The highest BCUT2D eigenvalue weighted by Crippen LogP contribution is 2.30. The number of halogens is 3. The molecule has 0 spiro atoms. The van der Waals surface area contributed by atoms with E-state index in [1.807, 2.05) is 30.3 Å². The average Bonchev–Trinajstić information content (AvgIpc) is 2.74. The molecule has 3 aromatic carbocycles. The van der Waals surface area contributed by atoms with Gasteiger partial charge in [-0.15, -0.1) is 0 Å². The van der Waals surface area contributed by atoms with Crippen LogP contribution in [0.2, 0.25) is 0 Å². The molecule has 0 radical (unpaired) electrons. The van der Waals surface area contributed by atoms with Crippen LogP contribution >= 0.6 is 0 Å². The highest BCUT2D eigenvalue weighted by Gasteiger charge is 2.31. The van der Waals surface area contributed by atoms with Crippen LogP contribution in [0.1, 0.15) is 31.8 Å². The Labute approximate surface area is 171 Å². The molecule has 0 saturated carbocycles. The first-order chi connectivity index (χ1) is 14.3. The summed E-state index contributed by atoms with van der Waals surface area (Å²) in [6.07, 6.45) is -4.13. The molecule has 0 aliphatic heterocycles. The second-order valence-corrected chi connectivity index (χ2v) is 6.65. The van der Waals surface area contributed by atoms with Crippen LogP contribution in [0.5, 0.6) is 0 Å². The van der Waals surface area contributed by atoms with E-state index in [2.05, 4.69) is 0 Å². The summed E-state index contributed by atoms with van der Waals surface area (Å²) in [7, 11) is 0. The second kappa shape index (κ2) is 8.82. The number of alkyl halides is 3. The van der Waals surface area contributed by atoms with Crippen molar-refractivity contribution in [3.8, 4) is 0 Å². The molecule has 154 valence electrons. The third-order valence-corrected chi connectivity index (χ3v) is 4.61. The number of nitrogens with zero attached hydrogens (tertiary/aromatic N) is 1. The number of carbonyl (C=O) groups excluding carboxylic acids is 2. The molecule has 0 fully saturated rings. The number of hydrogen-bond donors (Lipinski definition) is 1. The van der Waals surface area contributed by atoms with E-state index in [9.17, 15) is 22.8 Å². The molecule has 3 rings (SSSR count). The summed E-state index contributed by atoms with van der Waals surface area (Å²) in [6.45, 7) is 0.156. The van der Waals surface area contributed by atoms with E-state index < -0.39 is 23.6 Å². The Bertz CT molecular complexity index is 1050. The van der Waals surface area contributed by atoms with E-state index in [0.717, 1.165) is 17.7 Å². The lowest BCUT2D eigenvalue weighted by Crippen LogP contribution is -2.35. The number of rotatable bonds is 6. The minimum absolute atomic E-state index is 0.117. The van der Waals surface area contributed by atoms with E-state index in [0.29, 0.717) is 6.42 Å². The zero-order chi connectivity index (χ0) is 21.7. The Morgan fingerprint density at radius 2 is 1.53 bits per heavy atom. The molecule has 0 saturated heterocycles. The van der Waals surface area contributed by atoms with Gasteiger partial charge in [-0.05, 0) is 42.3 Å². The highest BCUT2D eigenvalue weighted by atomic mass is 19.4. The minimum atomic E-state index is -4.57. The Balaban J connectivity index is 2.01. The fourth-order valence-corrected chi connectivity index (χ4v) is 3.12. The normalized spacial score (nSPS) is 11.2. The predicted molar refractivity (Wildman–Crippen MR) is 108 cm³/mol. The first-order valence-corrected chi connectivity index (χ1v) is 9.19. The number of anilines is 1. The van der Waals surface area contributed by atoms with Crippen molar-refractivity contribution in [2.45, 2.75) is 12.6 Å². The summed E-state index contributed by atoms with van der Waals surface area (Å²) < 4.78 is 39.3. The average molecular weight is 412 g/mol. The van der Waals surface area contributed by atoms with Crippen LogP contribution < -0.4 is 10.6 Å². The Hall–Kier alpha value is -3.61. The fourth-order valence-electron chi connectivity index (χ4n) is 3.12. The second-order valence-electron chi connectivity index (χ2n) is 6.65. The molecule has 2 N–H and O–H groups in total. The maximum atomic E-state index is 13.2. The third kappa shape index (κ3) is 4.86. The molecule has 0 bridgehead atoms. The lowest BCUT2D eigenvalue weighted by atomic mass is 10.1. The first kappa shape index (κ1) is 21.1. The summed E-state index contributed by atoms with van der Waals surface area (Å²) in [6, 6.07) is 19.8. The van der Waals surface area contributed by atoms with Gasteiger partial charge in [0.1, 0.15) is 0 Å². The molecule has 7 heteroatoms. The number of nitrogens with two attached hydrogens (primary N) is 1. The van der Waals surface area contributed by atoms with Crippen LogP contribution in [0.4, 0.5) is 18.9 Å². The van der Waals surface area contributed by atoms with E-state index >= 15 is 0 Å². The summed E-state index contributed by atoms with van der Waals surface area (Å²) in [4.78, 5) is 26.4. The van der Waals surface area contributed by atoms with E-state index in [4.69, 9.17) is 5.73 Å². The smallest absolute Gasteiger partial charge is 0.366 e. The minimum Gasteiger partial charge on any atom is -0.366 e. The highest BCUT2D eigenvalue weighted by molar-refractivity contribution is 6.10. The largest absolute Gasteiger partial charge is 0.416 e. The molecule has 2 amide bonds. The summed E-state index contributed by atoms with van der Waals surface area (Å²) in [5.41, 5.74) is 5.72.